The van der Waals surface area contributed by atoms with Crippen molar-refractivity contribution < 1.29 is 0 Å². The fourth-order valence-electron chi connectivity index (χ4n) is 2.47. The average molecular weight is 257 g/mol. The van der Waals surface area contributed by atoms with E-state index in [1.165, 1.54) is 22.4 Å². The summed E-state index contributed by atoms with van der Waals surface area (Å²) in [5, 5.41) is 4.44. The van der Waals surface area contributed by atoms with Crippen molar-refractivity contribution in [1.82, 2.24) is 9.78 Å². The minimum atomic E-state index is 0.143. The maximum absolute atomic E-state index is 6.29. The van der Waals surface area contributed by atoms with Crippen LogP contribution in [0.5, 0.6) is 0 Å². The first kappa shape index (κ1) is 13.8. The minimum absolute atomic E-state index is 0.143. The second-order valence-corrected chi connectivity index (χ2v) is 5.43. The van der Waals surface area contributed by atoms with E-state index in [1.54, 1.807) is 0 Å². The molecule has 1 heterocycles. The summed E-state index contributed by atoms with van der Waals surface area (Å²) >= 11 is 0. The zero-order valence-electron chi connectivity index (χ0n) is 12.3. The summed E-state index contributed by atoms with van der Waals surface area (Å²) in [7, 11) is 1.98. The highest BCUT2D eigenvalue weighted by Gasteiger charge is 2.13. The zero-order valence-corrected chi connectivity index (χ0v) is 12.3. The molecular formula is C16H23N3. The van der Waals surface area contributed by atoms with E-state index in [0.29, 0.717) is 0 Å². The lowest BCUT2D eigenvalue weighted by Crippen LogP contribution is -2.26. The molecule has 1 aromatic heterocycles. The average Bonchev–Trinajstić information content (AvgIpc) is 2.59. The van der Waals surface area contributed by atoms with E-state index in [2.05, 4.69) is 50.1 Å². The maximum Gasteiger partial charge on any atom is 0.0628 e. The van der Waals surface area contributed by atoms with Crippen LogP contribution in [-0.4, -0.2) is 15.8 Å². The quantitative estimate of drug-likeness (QED) is 0.914. The number of rotatable bonds is 4. The molecule has 102 valence electrons. The van der Waals surface area contributed by atoms with Gasteiger partial charge in [-0.1, -0.05) is 29.8 Å². The molecule has 0 radical (unpaired) electrons. The van der Waals surface area contributed by atoms with Gasteiger partial charge in [0.1, 0.15) is 0 Å². The van der Waals surface area contributed by atoms with Crippen LogP contribution in [-0.2, 0) is 19.9 Å². The molecule has 1 aromatic carbocycles. The highest BCUT2D eigenvalue weighted by Crippen LogP contribution is 2.15. The number of nitrogens with zero attached hydrogens (tertiary/aromatic N) is 2. The largest absolute Gasteiger partial charge is 0.327 e. The van der Waals surface area contributed by atoms with Gasteiger partial charge in [0.15, 0.2) is 0 Å². The Kier molecular flexibility index (Phi) is 4.05. The third-order valence-corrected chi connectivity index (χ3v) is 3.74. The molecule has 0 aliphatic heterocycles. The summed E-state index contributed by atoms with van der Waals surface area (Å²) in [4.78, 5) is 0. The van der Waals surface area contributed by atoms with Crippen LogP contribution in [0.2, 0.25) is 0 Å². The van der Waals surface area contributed by atoms with Crippen LogP contribution in [0, 0.1) is 20.8 Å². The monoisotopic (exact) mass is 257 g/mol. The van der Waals surface area contributed by atoms with Gasteiger partial charge in [0.05, 0.1) is 5.69 Å². The molecule has 2 N–H and O–H groups in total. The van der Waals surface area contributed by atoms with E-state index in [-0.39, 0.29) is 6.04 Å². The Morgan fingerprint density at radius 3 is 2.26 bits per heavy atom. The molecule has 19 heavy (non-hydrogen) atoms. The zero-order chi connectivity index (χ0) is 14.0. The first-order valence-corrected chi connectivity index (χ1v) is 6.77. The van der Waals surface area contributed by atoms with E-state index in [4.69, 9.17) is 5.73 Å². The van der Waals surface area contributed by atoms with Gasteiger partial charge < -0.3 is 5.73 Å². The van der Waals surface area contributed by atoms with Crippen LogP contribution in [0.15, 0.2) is 24.3 Å². The topological polar surface area (TPSA) is 43.8 Å². The first-order valence-electron chi connectivity index (χ1n) is 6.77. The van der Waals surface area contributed by atoms with E-state index >= 15 is 0 Å². The van der Waals surface area contributed by atoms with Crippen LogP contribution in [0.4, 0.5) is 0 Å². The Morgan fingerprint density at radius 1 is 1.11 bits per heavy atom. The molecule has 0 amide bonds. The Labute approximate surface area is 115 Å². The van der Waals surface area contributed by atoms with Gasteiger partial charge in [-0.05, 0) is 44.7 Å². The molecule has 2 rings (SSSR count). The van der Waals surface area contributed by atoms with Crippen LogP contribution in [0.3, 0.4) is 0 Å². The second kappa shape index (κ2) is 5.57. The maximum atomic E-state index is 6.29. The van der Waals surface area contributed by atoms with E-state index in [0.717, 1.165) is 18.5 Å². The Hall–Kier alpha value is -1.61. The summed E-state index contributed by atoms with van der Waals surface area (Å²) in [5.74, 6) is 0. The van der Waals surface area contributed by atoms with Crippen molar-refractivity contribution in [3.63, 3.8) is 0 Å². The van der Waals surface area contributed by atoms with Gasteiger partial charge >= 0.3 is 0 Å². The molecule has 0 aliphatic carbocycles. The van der Waals surface area contributed by atoms with Gasteiger partial charge in [0.2, 0.25) is 0 Å². The molecule has 0 aliphatic rings. The van der Waals surface area contributed by atoms with Gasteiger partial charge in [-0.3, -0.25) is 4.68 Å². The van der Waals surface area contributed by atoms with Gasteiger partial charge in [-0.15, -0.1) is 0 Å². The Morgan fingerprint density at radius 2 is 1.74 bits per heavy atom. The van der Waals surface area contributed by atoms with E-state index in [9.17, 15) is 0 Å². The van der Waals surface area contributed by atoms with Crippen molar-refractivity contribution in [2.45, 2.75) is 39.7 Å². The van der Waals surface area contributed by atoms with Crippen molar-refractivity contribution in [1.29, 1.82) is 0 Å². The van der Waals surface area contributed by atoms with Crippen molar-refractivity contribution in [2.24, 2.45) is 12.8 Å². The van der Waals surface area contributed by atoms with Crippen LogP contribution < -0.4 is 5.73 Å². The number of nitrogens with two attached hydrogens (primary N) is 1. The number of aromatic nitrogens is 2. The summed E-state index contributed by atoms with van der Waals surface area (Å²) in [6, 6.07) is 8.76. The standard InChI is InChI=1S/C16H23N3/c1-11-5-7-14(8-6-11)9-15(17)10-16-12(2)18-19(4)13(16)3/h5-8,15H,9-10,17H2,1-4H3. The summed E-state index contributed by atoms with van der Waals surface area (Å²) in [6.07, 6.45) is 1.80. The smallest absolute Gasteiger partial charge is 0.0628 e. The molecule has 0 saturated heterocycles. The van der Waals surface area contributed by atoms with Gasteiger partial charge in [0.25, 0.3) is 0 Å². The number of hydrogen-bond donors (Lipinski definition) is 1. The lowest BCUT2D eigenvalue weighted by molar-refractivity contribution is 0.658. The molecule has 1 atom stereocenters. The van der Waals surface area contributed by atoms with Gasteiger partial charge in [0, 0.05) is 18.8 Å². The second-order valence-electron chi connectivity index (χ2n) is 5.43. The highest BCUT2D eigenvalue weighted by atomic mass is 15.3. The van der Waals surface area contributed by atoms with Crippen LogP contribution in [0.1, 0.15) is 28.1 Å². The third-order valence-electron chi connectivity index (χ3n) is 3.74. The fraction of sp³-hybridized carbons (Fsp3) is 0.438. The van der Waals surface area contributed by atoms with E-state index in [1.807, 2.05) is 11.7 Å². The number of aryl methyl sites for hydroxylation is 3. The molecule has 0 saturated carbocycles. The molecule has 2 aromatic rings. The van der Waals surface area contributed by atoms with Crippen molar-refractivity contribution >= 4 is 0 Å². The fourth-order valence-corrected chi connectivity index (χ4v) is 2.47. The Bertz CT molecular complexity index is 552. The van der Waals surface area contributed by atoms with Crippen molar-refractivity contribution in [3.8, 4) is 0 Å². The van der Waals surface area contributed by atoms with Gasteiger partial charge in [-0.25, -0.2) is 0 Å². The minimum Gasteiger partial charge on any atom is -0.327 e. The van der Waals surface area contributed by atoms with Crippen LogP contribution in [0.25, 0.3) is 0 Å². The van der Waals surface area contributed by atoms with Crippen molar-refractivity contribution in [2.75, 3.05) is 0 Å². The summed E-state index contributed by atoms with van der Waals surface area (Å²) in [6.45, 7) is 6.26. The highest BCUT2D eigenvalue weighted by molar-refractivity contribution is 5.27. The summed E-state index contributed by atoms with van der Waals surface area (Å²) in [5.41, 5.74) is 12.5. The van der Waals surface area contributed by atoms with Gasteiger partial charge in [-0.2, -0.15) is 5.10 Å². The predicted molar refractivity (Wildman–Crippen MR) is 79.2 cm³/mol. The lowest BCUT2D eigenvalue weighted by atomic mass is 9.98. The van der Waals surface area contributed by atoms with E-state index < -0.39 is 0 Å². The third kappa shape index (κ3) is 3.24. The molecule has 3 heteroatoms. The number of hydrogen-bond acceptors (Lipinski definition) is 2. The molecule has 1 unspecified atom stereocenters. The molecule has 0 spiro atoms. The SMILES string of the molecule is Cc1ccc(CC(N)Cc2c(C)nn(C)c2C)cc1. The molecular weight excluding hydrogens is 234 g/mol. The number of benzene rings is 1. The summed E-state index contributed by atoms with van der Waals surface area (Å²) < 4.78 is 1.93. The van der Waals surface area contributed by atoms with Crippen LogP contribution >= 0.6 is 0 Å². The first-order chi connectivity index (χ1) is 8.97. The lowest BCUT2D eigenvalue weighted by Gasteiger charge is -2.12. The normalized spacial score (nSPS) is 12.7. The molecule has 0 bridgehead atoms. The van der Waals surface area contributed by atoms with Crippen molar-refractivity contribution in [3.05, 3.63) is 52.3 Å². The predicted octanol–water partition coefficient (Wildman–Crippen LogP) is 2.46. The molecule has 0 fully saturated rings. The Balaban J connectivity index is 2.05. The molecule has 3 nitrogen and oxygen atoms in total.